The Balaban J connectivity index is 0.00000121. The van der Waals surface area contributed by atoms with Crippen LogP contribution in [-0.2, 0) is 32.7 Å². The Morgan fingerprint density at radius 1 is 1.42 bits per heavy atom. The molecular formula is C7H6BO3Y-. The van der Waals surface area contributed by atoms with Crippen molar-refractivity contribution in [2.45, 2.75) is 0 Å². The molecule has 1 radical (unpaired) electrons. The maximum absolute atomic E-state index is 10.1. The van der Waals surface area contributed by atoms with Crippen LogP contribution in [0.2, 0.25) is 0 Å². The Bertz CT molecular complexity index is 247. The summed E-state index contributed by atoms with van der Waals surface area (Å²) in [7, 11) is -1.49. The molecule has 0 saturated heterocycles. The van der Waals surface area contributed by atoms with E-state index < -0.39 is 7.12 Å². The van der Waals surface area contributed by atoms with Crippen LogP contribution in [0.1, 0.15) is 10.4 Å². The predicted molar refractivity (Wildman–Crippen MR) is 40.5 cm³/mol. The van der Waals surface area contributed by atoms with Gasteiger partial charge in [-0.3, -0.25) is 0 Å². The smallest absolute Gasteiger partial charge is 0.429 e. The van der Waals surface area contributed by atoms with Gasteiger partial charge in [-0.05, 0) is 0 Å². The fourth-order valence-corrected chi connectivity index (χ4v) is 0.683. The minimum Gasteiger partial charge on any atom is -0.432 e. The van der Waals surface area contributed by atoms with Crippen molar-refractivity contribution < 1.29 is 47.6 Å². The summed E-state index contributed by atoms with van der Waals surface area (Å²) in [5.74, 6) is 0. The average Bonchev–Trinajstić information content (AvgIpc) is 2.05. The first-order chi connectivity index (χ1) is 5.24. The fraction of sp³-hybridized carbons (Fsp3) is 0. The normalized spacial score (nSPS) is 8.50. The first-order valence-corrected chi connectivity index (χ1v) is 3.07. The molecule has 0 aromatic heterocycles. The van der Waals surface area contributed by atoms with Crippen molar-refractivity contribution in [1.82, 2.24) is 0 Å². The summed E-state index contributed by atoms with van der Waals surface area (Å²) in [4.78, 5) is 10.1. The van der Waals surface area contributed by atoms with E-state index in [1.165, 1.54) is 18.2 Å². The molecule has 3 nitrogen and oxygen atoms in total. The molecule has 0 saturated carbocycles. The summed E-state index contributed by atoms with van der Waals surface area (Å²) in [6.07, 6.45) is 0.646. The Morgan fingerprint density at radius 2 is 2.08 bits per heavy atom. The van der Waals surface area contributed by atoms with Crippen molar-refractivity contribution in [3.63, 3.8) is 0 Å². The number of carbonyl (C=O) groups is 1. The molecule has 1 aromatic carbocycles. The topological polar surface area (TPSA) is 57.5 Å². The van der Waals surface area contributed by atoms with Crippen LogP contribution in [0.3, 0.4) is 0 Å². The molecular weight excluding hydrogens is 232 g/mol. The number of hydrogen-bond acceptors (Lipinski definition) is 3. The third-order valence-electron chi connectivity index (χ3n) is 1.29. The van der Waals surface area contributed by atoms with E-state index in [0.717, 1.165) is 0 Å². The van der Waals surface area contributed by atoms with Gasteiger partial charge in [0.25, 0.3) is 0 Å². The van der Waals surface area contributed by atoms with E-state index in [-0.39, 0.29) is 32.7 Å². The Morgan fingerprint density at radius 3 is 2.42 bits per heavy atom. The van der Waals surface area contributed by atoms with Crippen LogP contribution in [0.25, 0.3) is 0 Å². The Labute approximate surface area is 95.8 Å². The zero-order valence-electron chi connectivity index (χ0n) is 6.27. The van der Waals surface area contributed by atoms with Gasteiger partial charge >= 0.3 is 7.12 Å². The van der Waals surface area contributed by atoms with Crippen LogP contribution in [0.15, 0.2) is 18.2 Å². The van der Waals surface area contributed by atoms with E-state index in [4.69, 9.17) is 10.0 Å². The molecule has 0 amide bonds. The SMILES string of the molecule is O=Cc1[c-]cc(B(O)O)cc1.[Y]. The van der Waals surface area contributed by atoms with Crippen LogP contribution in [0.5, 0.6) is 0 Å². The number of rotatable bonds is 2. The molecule has 0 spiro atoms. The zero-order chi connectivity index (χ0) is 8.27. The summed E-state index contributed by atoms with van der Waals surface area (Å²) >= 11 is 0. The minimum atomic E-state index is -1.49. The van der Waals surface area contributed by atoms with Crippen LogP contribution in [-0.4, -0.2) is 23.5 Å². The molecule has 0 aliphatic rings. The molecule has 0 fully saturated rings. The number of benzene rings is 1. The van der Waals surface area contributed by atoms with E-state index in [1.807, 2.05) is 0 Å². The third-order valence-corrected chi connectivity index (χ3v) is 1.29. The van der Waals surface area contributed by atoms with Crippen molar-refractivity contribution in [2.24, 2.45) is 0 Å². The second-order valence-electron chi connectivity index (χ2n) is 2.07. The van der Waals surface area contributed by atoms with Crippen LogP contribution < -0.4 is 5.46 Å². The fourth-order valence-electron chi connectivity index (χ4n) is 0.683. The molecule has 5 heteroatoms. The second kappa shape index (κ2) is 5.59. The van der Waals surface area contributed by atoms with Crippen molar-refractivity contribution in [3.8, 4) is 0 Å². The van der Waals surface area contributed by atoms with Crippen molar-refractivity contribution in [3.05, 3.63) is 29.8 Å². The van der Waals surface area contributed by atoms with E-state index >= 15 is 0 Å². The molecule has 12 heavy (non-hydrogen) atoms. The molecule has 59 valence electrons. The summed E-state index contributed by atoms with van der Waals surface area (Å²) < 4.78 is 0. The van der Waals surface area contributed by atoms with Gasteiger partial charge in [0.2, 0.25) is 0 Å². The number of carbonyl (C=O) groups excluding carboxylic acids is 1. The summed E-state index contributed by atoms with van der Waals surface area (Å²) in [6.45, 7) is 0. The van der Waals surface area contributed by atoms with Crippen LogP contribution in [0.4, 0.5) is 0 Å². The summed E-state index contributed by atoms with van der Waals surface area (Å²) in [5, 5.41) is 17.3. The minimum absolute atomic E-state index is 0. The monoisotopic (exact) mass is 238 g/mol. The predicted octanol–water partition coefficient (Wildman–Crippen LogP) is -1.02. The molecule has 0 atom stereocenters. The zero-order valence-corrected chi connectivity index (χ0v) is 9.11. The molecule has 0 heterocycles. The van der Waals surface area contributed by atoms with Gasteiger partial charge in [-0.25, -0.2) is 0 Å². The van der Waals surface area contributed by atoms with Crippen molar-refractivity contribution >= 4 is 18.9 Å². The standard InChI is InChI=1S/C7H6BO3.Y/c9-5-6-1-3-7(4-2-6)8(10)11;/h1,3-5,10-11H;/q-1;. The summed E-state index contributed by atoms with van der Waals surface area (Å²) in [6, 6.07) is 6.89. The molecule has 2 N–H and O–H groups in total. The molecule has 0 unspecified atom stereocenters. The number of hydrogen-bond donors (Lipinski definition) is 2. The van der Waals surface area contributed by atoms with Gasteiger partial charge in [-0.2, -0.15) is 0 Å². The van der Waals surface area contributed by atoms with E-state index in [0.29, 0.717) is 17.3 Å². The van der Waals surface area contributed by atoms with Crippen molar-refractivity contribution in [2.75, 3.05) is 0 Å². The first kappa shape index (κ1) is 12.0. The van der Waals surface area contributed by atoms with Gasteiger partial charge in [-0.15, -0.1) is 29.8 Å². The molecule has 0 bridgehead atoms. The van der Waals surface area contributed by atoms with Crippen LogP contribution in [0, 0.1) is 6.07 Å². The van der Waals surface area contributed by atoms with E-state index in [2.05, 4.69) is 6.07 Å². The van der Waals surface area contributed by atoms with Crippen molar-refractivity contribution in [1.29, 1.82) is 0 Å². The van der Waals surface area contributed by atoms with Crippen LogP contribution >= 0.6 is 0 Å². The molecule has 0 aliphatic carbocycles. The van der Waals surface area contributed by atoms with Gasteiger partial charge in [0, 0.05) is 32.7 Å². The average molecular weight is 238 g/mol. The summed E-state index contributed by atoms with van der Waals surface area (Å²) in [5.41, 5.74) is 0.727. The molecule has 1 aromatic rings. The Kier molecular flexibility index (Phi) is 5.58. The first-order valence-electron chi connectivity index (χ1n) is 3.07. The van der Waals surface area contributed by atoms with Gasteiger partial charge in [0.15, 0.2) is 0 Å². The van der Waals surface area contributed by atoms with Gasteiger partial charge in [-0.1, -0.05) is 5.46 Å². The number of aldehydes is 1. The molecule has 1 rings (SSSR count). The third kappa shape index (κ3) is 3.15. The largest absolute Gasteiger partial charge is 0.432 e. The van der Waals surface area contributed by atoms with E-state index in [1.54, 1.807) is 0 Å². The van der Waals surface area contributed by atoms with Gasteiger partial charge < -0.3 is 14.8 Å². The quantitative estimate of drug-likeness (QED) is 0.393. The van der Waals surface area contributed by atoms with Gasteiger partial charge in [0.05, 0.1) is 6.29 Å². The second-order valence-corrected chi connectivity index (χ2v) is 2.07. The maximum atomic E-state index is 10.1. The Hall–Kier alpha value is -0.0212. The maximum Gasteiger partial charge on any atom is 0.429 e. The van der Waals surface area contributed by atoms with Gasteiger partial charge in [0.1, 0.15) is 0 Å². The van der Waals surface area contributed by atoms with E-state index in [9.17, 15) is 4.79 Å². The molecule has 0 aliphatic heterocycles.